The van der Waals surface area contributed by atoms with Crippen LogP contribution >= 0.6 is 22.7 Å². The zero-order chi connectivity index (χ0) is 12.3. The fourth-order valence-electron chi connectivity index (χ4n) is 1.82. The zero-order valence-corrected chi connectivity index (χ0v) is 12.1. The molecule has 0 aliphatic heterocycles. The molecule has 4 heteroatoms. The first-order chi connectivity index (χ1) is 8.16. The lowest BCUT2D eigenvalue weighted by Gasteiger charge is -2.11. The van der Waals surface area contributed by atoms with Crippen LogP contribution < -0.4 is 0 Å². The molecule has 0 saturated heterocycles. The van der Waals surface area contributed by atoms with Crippen molar-refractivity contribution in [1.82, 2.24) is 9.97 Å². The van der Waals surface area contributed by atoms with Crippen LogP contribution in [0.3, 0.4) is 0 Å². The zero-order valence-electron chi connectivity index (χ0n) is 10.5. The smallest absolute Gasteiger partial charge is 0.0956 e. The van der Waals surface area contributed by atoms with Crippen LogP contribution in [0, 0.1) is 6.92 Å². The van der Waals surface area contributed by atoms with E-state index in [1.165, 1.54) is 22.9 Å². The van der Waals surface area contributed by atoms with Crippen molar-refractivity contribution in [3.63, 3.8) is 0 Å². The van der Waals surface area contributed by atoms with Crippen molar-refractivity contribution in [3.05, 3.63) is 32.7 Å². The summed E-state index contributed by atoms with van der Waals surface area (Å²) in [5, 5.41) is 6.72. The molecule has 0 aliphatic carbocycles. The summed E-state index contributed by atoms with van der Waals surface area (Å²) in [6.45, 7) is 6.59. The van der Waals surface area contributed by atoms with E-state index in [9.17, 15) is 0 Å². The minimum atomic E-state index is 0.566. The van der Waals surface area contributed by atoms with Gasteiger partial charge in [0, 0.05) is 34.5 Å². The molecule has 0 aliphatic rings. The molecule has 17 heavy (non-hydrogen) atoms. The second-order valence-corrected chi connectivity index (χ2v) is 6.39. The first-order valence-electron chi connectivity index (χ1n) is 5.98. The molecule has 2 aromatic heterocycles. The van der Waals surface area contributed by atoms with Crippen molar-refractivity contribution in [2.45, 2.75) is 45.4 Å². The fraction of sp³-hybridized carbons (Fsp3) is 0.538. The minimum Gasteiger partial charge on any atom is -0.249 e. The van der Waals surface area contributed by atoms with E-state index < -0.39 is 0 Å². The molecule has 92 valence electrons. The van der Waals surface area contributed by atoms with Gasteiger partial charge in [-0.05, 0) is 19.8 Å². The van der Waals surface area contributed by atoms with Gasteiger partial charge in [-0.1, -0.05) is 13.8 Å². The second kappa shape index (κ2) is 5.74. The highest BCUT2D eigenvalue weighted by Crippen LogP contribution is 2.29. The van der Waals surface area contributed by atoms with E-state index in [2.05, 4.69) is 41.5 Å². The number of aryl methyl sites for hydroxylation is 1. The molecule has 2 atom stereocenters. The maximum absolute atomic E-state index is 4.56. The average Bonchev–Trinajstić information content (AvgIpc) is 2.95. The summed E-state index contributed by atoms with van der Waals surface area (Å²) in [5.41, 5.74) is 1.14. The summed E-state index contributed by atoms with van der Waals surface area (Å²) in [6.07, 6.45) is 4.27. The van der Waals surface area contributed by atoms with Crippen LogP contribution in [0.25, 0.3) is 0 Å². The van der Waals surface area contributed by atoms with Gasteiger partial charge < -0.3 is 0 Å². The Balaban J connectivity index is 1.86. The number of hydrogen-bond donors (Lipinski definition) is 0. The molecule has 2 rings (SSSR count). The largest absolute Gasteiger partial charge is 0.249 e. The Hall–Kier alpha value is -0.740. The van der Waals surface area contributed by atoms with Gasteiger partial charge in [-0.2, -0.15) is 0 Å². The minimum absolute atomic E-state index is 0.566. The van der Waals surface area contributed by atoms with Crippen molar-refractivity contribution in [2.24, 2.45) is 0 Å². The number of hydrogen-bond acceptors (Lipinski definition) is 4. The van der Waals surface area contributed by atoms with Crippen molar-refractivity contribution >= 4 is 22.7 Å². The monoisotopic (exact) mass is 266 g/mol. The third kappa shape index (κ3) is 3.36. The summed E-state index contributed by atoms with van der Waals surface area (Å²) >= 11 is 3.54. The lowest BCUT2D eigenvalue weighted by Crippen LogP contribution is -1.98. The van der Waals surface area contributed by atoms with Gasteiger partial charge in [-0.3, -0.25) is 0 Å². The van der Waals surface area contributed by atoms with Crippen LogP contribution in [-0.2, 0) is 0 Å². The maximum atomic E-state index is 4.56. The van der Waals surface area contributed by atoms with Gasteiger partial charge in [-0.15, -0.1) is 22.7 Å². The number of rotatable bonds is 5. The molecule has 0 bridgehead atoms. The fourth-order valence-corrected chi connectivity index (χ4v) is 3.45. The predicted octanol–water partition coefficient (Wildman–Crippen LogP) is 4.60. The van der Waals surface area contributed by atoms with E-state index in [4.69, 9.17) is 0 Å². The number of aromatic nitrogens is 2. The van der Waals surface area contributed by atoms with Crippen molar-refractivity contribution < 1.29 is 0 Å². The Morgan fingerprint density at radius 3 is 2.35 bits per heavy atom. The Morgan fingerprint density at radius 1 is 1.12 bits per heavy atom. The third-order valence-corrected chi connectivity index (χ3v) is 5.17. The van der Waals surface area contributed by atoms with Crippen LogP contribution in [0.1, 0.15) is 54.2 Å². The van der Waals surface area contributed by atoms with E-state index >= 15 is 0 Å². The van der Waals surface area contributed by atoms with Crippen LogP contribution in [0.15, 0.2) is 17.0 Å². The highest BCUT2D eigenvalue weighted by molar-refractivity contribution is 7.10. The highest BCUT2D eigenvalue weighted by atomic mass is 32.1. The summed E-state index contributed by atoms with van der Waals surface area (Å²) in [4.78, 5) is 8.93. The first-order valence-corrected chi connectivity index (χ1v) is 7.74. The molecule has 0 saturated carbocycles. The summed E-state index contributed by atoms with van der Waals surface area (Å²) in [7, 11) is 0. The van der Waals surface area contributed by atoms with Crippen molar-refractivity contribution in [1.29, 1.82) is 0 Å². The predicted molar refractivity (Wildman–Crippen MR) is 75.0 cm³/mol. The molecule has 2 aromatic rings. The Kier molecular flexibility index (Phi) is 4.29. The van der Waals surface area contributed by atoms with Gasteiger partial charge in [0.2, 0.25) is 0 Å². The lowest BCUT2D eigenvalue weighted by atomic mass is 9.99. The van der Waals surface area contributed by atoms with E-state index in [1.807, 2.05) is 6.20 Å². The standard InChI is InChI=1S/C13H18N2S2/c1-9(12-14-6-7-16-12)4-5-10(2)13-15-11(3)8-17-13/h6-10H,4-5H2,1-3H3. The van der Waals surface area contributed by atoms with Gasteiger partial charge in [0.05, 0.1) is 10.0 Å². The van der Waals surface area contributed by atoms with Crippen LogP contribution in [-0.4, -0.2) is 9.97 Å². The Labute approximate surface area is 111 Å². The van der Waals surface area contributed by atoms with Gasteiger partial charge >= 0.3 is 0 Å². The van der Waals surface area contributed by atoms with Crippen LogP contribution in [0.4, 0.5) is 0 Å². The van der Waals surface area contributed by atoms with Crippen molar-refractivity contribution in [3.8, 4) is 0 Å². The van der Waals surface area contributed by atoms with E-state index in [1.54, 1.807) is 22.7 Å². The normalized spacial score (nSPS) is 14.8. The van der Waals surface area contributed by atoms with Crippen LogP contribution in [0.2, 0.25) is 0 Å². The van der Waals surface area contributed by atoms with Crippen LogP contribution in [0.5, 0.6) is 0 Å². The first kappa shape index (κ1) is 12.7. The third-order valence-electron chi connectivity index (χ3n) is 2.96. The molecular formula is C13H18N2S2. The maximum Gasteiger partial charge on any atom is 0.0956 e. The summed E-state index contributed by atoms with van der Waals surface area (Å²) in [6, 6.07) is 0. The van der Waals surface area contributed by atoms with Gasteiger partial charge in [-0.25, -0.2) is 9.97 Å². The molecule has 0 amide bonds. The molecule has 0 aromatic carbocycles. The molecule has 2 unspecified atom stereocenters. The summed E-state index contributed by atoms with van der Waals surface area (Å²) < 4.78 is 0. The lowest BCUT2D eigenvalue weighted by molar-refractivity contribution is 0.570. The van der Waals surface area contributed by atoms with Gasteiger partial charge in [0.15, 0.2) is 0 Å². The van der Waals surface area contributed by atoms with E-state index in [-0.39, 0.29) is 0 Å². The molecule has 0 spiro atoms. The topological polar surface area (TPSA) is 25.8 Å². The quantitative estimate of drug-likeness (QED) is 0.790. The molecular weight excluding hydrogens is 248 g/mol. The summed E-state index contributed by atoms with van der Waals surface area (Å²) in [5.74, 6) is 1.13. The van der Waals surface area contributed by atoms with Crippen molar-refractivity contribution in [2.75, 3.05) is 0 Å². The Morgan fingerprint density at radius 2 is 1.82 bits per heavy atom. The number of nitrogens with zero attached hydrogens (tertiary/aromatic N) is 2. The average molecular weight is 266 g/mol. The molecule has 2 heterocycles. The SMILES string of the molecule is Cc1csc(C(C)CCC(C)c2nccs2)n1. The highest BCUT2D eigenvalue weighted by Gasteiger charge is 2.13. The molecule has 2 nitrogen and oxygen atoms in total. The molecule has 0 fully saturated rings. The van der Waals surface area contributed by atoms with E-state index in [0.717, 1.165) is 5.69 Å². The van der Waals surface area contributed by atoms with Gasteiger partial charge in [0.1, 0.15) is 0 Å². The molecule has 0 N–H and O–H groups in total. The number of thiazole rings is 2. The van der Waals surface area contributed by atoms with E-state index in [0.29, 0.717) is 11.8 Å². The van der Waals surface area contributed by atoms with Gasteiger partial charge in [0.25, 0.3) is 0 Å². The molecule has 0 radical (unpaired) electrons. The second-order valence-electron chi connectivity index (χ2n) is 4.58. The Bertz CT molecular complexity index is 448.